The maximum absolute atomic E-state index is 13.4. The summed E-state index contributed by atoms with van der Waals surface area (Å²) in [5.74, 6) is 0.274. The zero-order chi connectivity index (χ0) is 26.5. The summed E-state index contributed by atoms with van der Waals surface area (Å²) in [5, 5.41) is 14.0. The molecule has 1 amide bonds. The number of nitrogens with two attached hydrogens (primary N) is 1. The van der Waals surface area contributed by atoms with Gasteiger partial charge in [0.05, 0.1) is 30.7 Å². The maximum Gasteiger partial charge on any atom is 0.319 e. The Morgan fingerprint density at radius 2 is 1.89 bits per heavy atom. The summed E-state index contributed by atoms with van der Waals surface area (Å²) in [6.07, 6.45) is 0. The summed E-state index contributed by atoms with van der Waals surface area (Å²) >= 11 is 0. The van der Waals surface area contributed by atoms with Crippen LogP contribution in [-0.2, 0) is 33.5 Å². The highest BCUT2D eigenvalue weighted by molar-refractivity contribution is 5.95. The molecule has 1 heterocycles. The van der Waals surface area contributed by atoms with Gasteiger partial charge in [0.25, 0.3) is 0 Å². The van der Waals surface area contributed by atoms with Crippen molar-refractivity contribution >= 4 is 34.4 Å². The quantitative estimate of drug-likeness (QED) is 0.183. The molecule has 0 fully saturated rings. The van der Waals surface area contributed by atoms with E-state index in [-0.39, 0.29) is 24.9 Å². The summed E-state index contributed by atoms with van der Waals surface area (Å²) in [5.41, 5.74) is 8.31. The van der Waals surface area contributed by atoms with Gasteiger partial charge in [0.2, 0.25) is 5.91 Å². The van der Waals surface area contributed by atoms with Crippen molar-refractivity contribution in [2.75, 3.05) is 32.1 Å². The number of aryl methyl sites for hydroxylation is 1. The van der Waals surface area contributed by atoms with Crippen LogP contribution in [-0.4, -0.2) is 58.9 Å². The van der Waals surface area contributed by atoms with Crippen molar-refractivity contribution in [3.8, 4) is 0 Å². The highest BCUT2D eigenvalue weighted by atomic mass is 16.5. The lowest BCUT2D eigenvalue weighted by molar-refractivity contribution is -0.143. The van der Waals surface area contributed by atoms with Gasteiger partial charge >= 0.3 is 5.97 Å². The molecule has 0 saturated carbocycles. The number of amides is 1. The molecule has 10 nitrogen and oxygen atoms in total. The predicted molar refractivity (Wildman–Crippen MR) is 141 cm³/mol. The second-order valence-corrected chi connectivity index (χ2v) is 8.74. The molecule has 10 heteroatoms. The summed E-state index contributed by atoms with van der Waals surface area (Å²) in [7, 11) is 3.68. The van der Waals surface area contributed by atoms with Crippen LogP contribution in [0.25, 0.3) is 11.0 Å². The number of likely N-dealkylation sites (N-methyl/N-ethyl adjacent to an activating group) is 1. The van der Waals surface area contributed by atoms with E-state index in [4.69, 9.17) is 20.9 Å². The van der Waals surface area contributed by atoms with Gasteiger partial charge in [-0.15, -0.1) is 0 Å². The van der Waals surface area contributed by atoms with Crippen LogP contribution in [0.3, 0.4) is 0 Å². The fourth-order valence-electron chi connectivity index (χ4n) is 3.96. The van der Waals surface area contributed by atoms with Gasteiger partial charge in [-0.1, -0.05) is 6.07 Å². The molecule has 2 aromatic carbocycles. The van der Waals surface area contributed by atoms with Gasteiger partial charge in [0.15, 0.2) is 0 Å². The number of hydrogen-bond acceptors (Lipinski definition) is 7. The zero-order valence-corrected chi connectivity index (χ0v) is 21.5. The first-order valence-corrected chi connectivity index (χ1v) is 11.9. The number of amidine groups is 1. The third-order valence-electron chi connectivity index (χ3n) is 6.34. The van der Waals surface area contributed by atoms with Crippen LogP contribution >= 0.6 is 0 Å². The Kier molecular flexibility index (Phi) is 8.31. The highest BCUT2D eigenvalue weighted by Gasteiger charge is 2.37. The van der Waals surface area contributed by atoms with Gasteiger partial charge < -0.3 is 25.3 Å². The van der Waals surface area contributed by atoms with Crippen molar-refractivity contribution in [3.05, 3.63) is 59.4 Å². The van der Waals surface area contributed by atoms with Crippen LogP contribution in [0.5, 0.6) is 0 Å². The molecule has 0 aliphatic heterocycles. The molecular formula is C26H35N7O3. The number of carbonyl (C=O) groups excluding carboxylic acids is 2. The predicted octanol–water partition coefficient (Wildman–Crippen LogP) is 2.32. The Balaban J connectivity index is 1.88. The van der Waals surface area contributed by atoms with Crippen LogP contribution in [0.2, 0.25) is 0 Å². The third kappa shape index (κ3) is 5.65. The Hall–Kier alpha value is -3.92. The van der Waals surface area contributed by atoms with E-state index < -0.39 is 11.5 Å². The molecule has 3 aromatic rings. The van der Waals surface area contributed by atoms with E-state index in [1.807, 2.05) is 48.9 Å². The lowest BCUT2D eigenvalue weighted by Gasteiger charge is -2.33. The highest BCUT2D eigenvalue weighted by Crippen LogP contribution is 2.27. The van der Waals surface area contributed by atoms with Crippen molar-refractivity contribution in [1.82, 2.24) is 19.8 Å². The minimum absolute atomic E-state index is 0.0278. The van der Waals surface area contributed by atoms with Gasteiger partial charge in [-0.3, -0.25) is 20.3 Å². The second-order valence-electron chi connectivity index (χ2n) is 8.74. The molecule has 1 unspecified atom stereocenters. The molecule has 1 aromatic heterocycles. The molecule has 192 valence electrons. The van der Waals surface area contributed by atoms with E-state index in [1.165, 1.54) is 0 Å². The fraction of sp³-hybridized carbons (Fsp3) is 0.385. The number of nitrogen functional groups attached to an aromatic ring is 1. The van der Waals surface area contributed by atoms with Crippen LogP contribution < -0.4 is 16.4 Å². The standard InChI is InChI=1S/C26H35N7O3/c1-6-32(4)25(35)26(3,30-16-23(34)36-7-2)18-10-13-21-20(14-18)31-22(33(21)5)15-29-19-11-8-17(9-12-19)24(27)28/h8-14,29-30H,6-7,15-16H2,1-5H3,(H3,27,28). The van der Waals surface area contributed by atoms with E-state index in [9.17, 15) is 9.59 Å². The average Bonchev–Trinajstić information content (AvgIpc) is 3.20. The summed E-state index contributed by atoms with van der Waals surface area (Å²) in [6, 6.07) is 13.0. The number of nitrogens with zero attached hydrogens (tertiary/aromatic N) is 3. The Bertz CT molecular complexity index is 1250. The van der Waals surface area contributed by atoms with Gasteiger partial charge in [-0.2, -0.15) is 0 Å². The van der Waals surface area contributed by atoms with Gasteiger partial charge in [-0.25, -0.2) is 4.98 Å². The van der Waals surface area contributed by atoms with E-state index in [0.29, 0.717) is 24.2 Å². The Labute approximate surface area is 211 Å². The molecule has 3 rings (SSSR count). The molecule has 5 N–H and O–H groups in total. The number of aromatic nitrogens is 2. The van der Waals surface area contributed by atoms with Crippen LogP contribution in [0.15, 0.2) is 42.5 Å². The van der Waals surface area contributed by atoms with Crippen molar-refractivity contribution in [2.45, 2.75) is 32.9 Å². The molecule has 0 aliphatic carbocycles. The smallest absolute Gasteiger partial charge is 0.319 e. The Morgan fingerprint density at radius 1 is 1.19 bits per heavy atom. The number of rotatable bonds is 11. The number of fused-ring (bicyclic) bond motifs is 1. The molecule has 0 aliphatic rings. The topological polar surface area (TPSA) is 138 Å². The van der Waals surface area contributed by atoms with Crippen molar-refractivity contribution in [2.24, 2.45) is 12.8 Å². The zero-order valence-electron chi connectivity index (χ0n) is 21.5. The SMILES string of the molecule is CCOC(=O)CNC(C)(C(=O)N(C)CC)c1ccc2c(c1)nc(CNc1ccc(C(=N)N)cc1)n2C. The lowest BCUT2D eigenvalue weighted by atomic mass is 9.89. The van der Waals surface area contributed by atoms with Gasteiger partial charge in [0, 0.05) is 31.9 Å². The van der Waals surface area contributed by atoms with E-state index in [2.05, 4.69) is 10.6 Å². The Morgan fingerprint density at radius 3 is 2.50 bits per heavy atom. The number of ether oxygens (including phenoxy) is 1. The number of benzene rings is 2. The first-order chi connectivity index (χ1) is 17.1. The van der Waals surface area contributed by atoms with Crippen molar-refractivity contribution in [3.63, 3.8) is 0 Å². The largest absolute Gasteiger partial charge is 0.465 e. The van der Waals surface area contributed by atoms with Crippen LogP contribution in [0.4, 0.5) is 5.69 Å². The minimum Gasteiger partial charge on any atom is -0.465 e. The first-order valence-electron chi connectivity index (χ1n) is 11.9. The molecule has 0 spiro atoms. The van der Waals surface area contributed by atoms with E-state index in [0.717, 1.165) is 22.5 Å². The number of imidazole rings is 1. The number of nitrogens with one attached hydrogen (secondary N) is 3. The van der Waals surface area contributed by atoms with E-state index >= 15 is 0 Å². The number of anilines is 1. The lowest BCUT2D eigenvalue weighted by Crippen LogP contribution is -2.54. The van der Waals surface area contributed by atoms with Crippen molar-refractivity contribution in [1.29, 1.82) is 5.41 Å². The summed E-state index contributed by atoms with van der Waals surface area (Å²) in [6.45, 7) is 6.62. The summed E-state index contributed by atoms with van der Waals surface area (Å²) in [4.78, 5) is 31.8. The molecule has 0 bridgehead atoms. The third-order valence-corrected chi connectivity index (χ3v) is 6.34. The maximum atomic E-state index is 13.4. The second kappa shape index (κ2) is 11.2. The molecule has 0 radical (unpaired) electrons. The number of carbonyl (C=O) groups is 2. The molecule has 1 atom stereocenters. The summed E-state index contributed by atoms with van der Waals surface area (Å²) < 4.78 is 7.04. The molecular weight excluding hydrogens is 458 g/mol. The molecule has 36 heavy (non-hydrogen) atoms. The van der Waals surface area contributed by atoms with Crippen molar-refractivity contribution < 1.29 is 14.3 Å². The van der Waals surface area contributed by atoms with Crippen LogP contribution in [0.1, 0.15) is 37.7 Å². The fourth-order valence-corrected chi connectivity index (χ4v) is 3.96. The first kappa shape index (κ1) is 26.7. The van der Waals surface area contributed by atoms with E-state index in [1.54, 1.807) is 37.9 Å². The van der Waals surface area contributed by atoms with Crippen LogP contribution in [0, 0.1) is 5.41 Å². The monoisotopic (exact) mass is 493 g/mol. The number of esters is 1. The minimum atomic E-state index is -1.14. The normalized spacial score (nSPS) is 12.7. The molecule has 0 saturated heterocycles. The average molecular weight is 494 g/mol. The van der Waals surface area contributed by atoms with Gasteiger partial charge in [0.1, 0.15) is 17.2 Å². The number of hydrogen-bond donors (Lipinski definition) is 4. The van der Waals surface area contributed by atoms with Gasteiger partial charge in [-0.05, 0) is 62.7 Å².